The highest BCUT2D eigenvalue weighted by Crippen LogP contribution is 2.42. The number of nitrogens with zero attached hydrogens (tertiary/aromatic N) is 2. The van der Waals surface area contributed by atoms with Crippen molar-refractivity contribution in [2.24, 2.45) is 0 Å². The smallest absolute Gasteiger partial charge is 0.493 e. The third-order valence-electron chi connectivity index (χ3n) is 7.32. The van der Waals surface area contributed by atoms with Crippen LogP contribution in [0, 0.1) is 6.92 Å². The number of alkyl halides is 3. The number of benzene rings is 3. The summed E-state index contributed by atoms with van der Waals surface area (Å²) in [5, 5.41) is 11.2. The normalized spacial score (nSPS) is 12.9. The topological polar surface area (TPSA) is 90.7 Å². The zero-order valence-corrected chi connectivity index (χ0v) is 21.8. The van der Waals surface area contributed by atoms with Gasteiger partial charge in [-0.3, -0.25) is 14.6 Å². The maximum atomic E-state index is 13.2. The van der Waals surface area contributed by atoms with E-state index in [1.807, 2.05) is 18.2 Å². The van der Waals surface area contributed by atoms with Gasteiger partial charge in [0.05, 0.1) is 30.6 Å². The lowest BCUT2D eigenvalue weighted by Gasteiger charge is -2.22. The summed E-state index contributed by atoms with van der Waals surface area (Å²) in [6, 6.07) is 15.9. The van der Waals surface area contributed by atoms with E-state index in [0.717, 1.165) is 10.9 Å². The molecule has 2 aromatic heterocycles. The maximum Gasteiger partial charge on any atom is 0.573 e. The van der Waals surface area contributed by atoms with Gasteiger partial charge in [0, 0.05) is 40.6 Å². The van der Waals surface area contributed by atoms with E-state index < -0.39 is 23.6 Å². The molecule has 10 heteroatoms. The number of carboxylic acids is 1. The van der Waals surface area contributed by atoms with E-state index >= 15 is 0 Å². The van der Waals surface area contributed by atoms with Crippen molar-refractivity contribution in [3.8, 4) is 22.6 Å². The van der Waals surface area contributed by atoms with Crippen LogP contribution in [0.5, 0.6) is 11.5 Å². The monoisotopic (exact) mass is 560 g/mol. The zero-order valence-electron chi connectivity index (χ0n) is 21.8. The van der Waals surface area contributed by atoms with Crippen molar-refractivity contribution in [2.75, 3.05) is 6.61 Å². The molecule has 0 aliphatic carbocycles. The fourth-order valence-corrected chi connectivity index (χ4v) is 5.60. The van der Waals surface area contributed by atoms with Crippen LogP contribution in [0.15, 0.2) is 71.7 Å². The first-order valence-electron chi connectivity index (χ1n) is 12.9. The minimum Gasteiger partial charge on any atom is -0.493 e. The van der Waals surface area contributed by atoms with Gasteiger partial charge >= 0.3 is 12.3 Å². The second kappa shape index (κ2) is 9.96. The van der Waals surface area contributed by atoms with Gasteiger partial charge in [0.2, 0.25) is 0 Å². The number of hydrogen-bond acceptors (Lipinski definition) is 5. The highest BCUT2D eigenvalue weighted by Gasteiger charge is 2.32. The van der Waals surface area contributed by atoms with Crippen molar-refractivity contribution in [2.45, 2.75) is 32.7 Å². The number of aliphatic carboxylic acids is 1. The number of ether oxygens (including phenoxy) is 2. The SMILES string of the molecule is Cc1cc2c(ccc(=O)n2Cc2ccccc2OC(F)(F)F)c(-c2ccc3c4c(ccnc24)CCO3)c1CC(=O)O. The summed E-state index contributed by atoms with van der Waals surface area (Å²) in [5.74, 6) is -0.747. The number of aromatic nitrogens is 2. The number of hydrogen-bond donors (Lipinski definition) is 1. The lowest BCUT2D eigenvalue weighted by atomic mass is 9.87. The Hall–Kier alpha value is -4.86. The molecular formula is C31H23F3N2O5. The number of carbonyl (C=O) groups is 1. The number of rotatable bonds is 6. The van der Waals surface area contributed by atoms with Crippen LogP contribution in [0.3, 0.4) is 0 Å². The minimum atomic E-state index is -4.90. The summed E-state index contributed by atoms with van der Waals surface area (Å²) < 4.78 is 50.7. The third kappa shape index (κ3) is 4.86. The second-order valence-electron chi connectivity index (χ2n) is 9.87. The predicted octanol–water partition coefficient (Wildman–Crippen LogP) is 6.03. The molecule has 0 saturated heterocycles. The first-order valence-corrected chi connectivity index (χ1v) is 12.9. The molecular weight excluding hydrogens is 537 g/mol. The van der Waals surface area contributed by atoms with Gasteiger partial charge in [-0.25, -0.2) is 0 Å². The molecule has 7 nitrogen and oxygen atoms in total. The van der Waals surface area contributed by atoms with E-state index in [1.54, 1.807) is 31.3 Å². The van der Waals surface area contributed by atoms with Gasteiger partial charge < -0.3 is 19.1 Å². The van der Waals surface area contributed by atoms with Crippen molar-refractivity contribution < 1.29 is 32.5 Å². The highest BCUT2D eigenvalue weighted by atomic mass is 19.4. The van der Waals surface area contributed by atoms with Crippen molar-refractivity contribution in [3.05, 3.63) is 99.5 Å². The summed E-state index contributed by atoms with van der Waals surface area (Å²) in [5.41, 5.74) is 4.31. The van der Waals surface area contributed by atoms with Crippen LogP contribution in [-0.4, -0.2) is 33.6 Å². The van der Waals surface area contributed by atoms with E-state index in [1.165, 1.54) is 28.8 Å². The van der Waals surface area contributed by atoms with Crippen LogP contribution in [0.4, 0.5) is 13.2 Å². The van der Waals surface area contributed by atoms with Crippen LogP contribution in [-0.2, 0) is 24.2 Å². The van der Waals surface area contributed by atoms with Crippen molar-refractivity contribution in [1.82, 2.24) is 9.55 Å². The Kier molecular flexibility index (Phi) is 6.40. The first kappa shape index (κ1) is 26.4. The Morgan fingerprint density at radius 1 is 1.12 bits per heavy atom. The van der Waals surface area contributed by atoms with Crippen molar-refractivity contribution in [3.63, 3.8) is 0 Å². The number of pyridine rings is 2. The van der Waals surface area contributed by atoms with Crippen LogP contribution < -0.4 is 15.0 Å². The Bertz CT molecular complexity index is 1900. The molecule has 0 spiro atoms. The van der Waals surface area contributed by atoms with Crippen molar-refractivity contribution in [1.29, 1.82) is 0 Å². The number of fused-ring (bicyclic) bond motifs is 1. The first-order chi connectivity index (χ1) is 19.6. The van der Waals surface area contributed by atoms with E-state index in [2.05, 4.69) is 9.72 Å². The molecule has 0 radical (unpaired) electrons. The van der Waals surface area contributed by atoms with E-state index in [0.29, 0.717) is 57.5 Å². The Labute approximate surface area is 231 Å². The summed E-state index contributed by atoms with van der Waals surface area (Å²) in [6.45, 7) is 2.09. The molecule has 3 aromatic carbocycles. The molecule has 41 heavy (non-hydrogen) atoms. The Morgan fingerprint density at radius 2 is 1.93 bits per heavy atom. The van der Waals surface area contributed by atoms with Crippen molar-refractivity contribution >= 4 is 27.8 Å². The molecule has 0 amide bonds. The molecule has 6 rings (SSSR count). The van der Waals surface area contributed by atoms with Crippen LogP contribution >= 0.6 is 0 Å². The number of carboxylic acid groups (broad SMARTS) is 1. The average Bonchev–Trinajstić information content (AvgIpc) is 2.92. The fraction of sp³-hybridized carbons (Fsp3) is 0.194. The molecule has 1 aliphatic rings. The van der Waals surface area contributed by atoms with E-state index in [-0.39, 0.29) is 18.5 Å². The standard InChI is InChI=1S/C31H23F3N2O5/c1-17-14-23-20(7-9-26(37)36(23)16-19-4-2-3-5-24(19)41-31(32,33)34)29(22(17)15-27(38)39)21-6-8-25-28-18(11-13-40-25)10-12-35-30(21)28/h2-10,12,14H,11,13,15-16H2,1H3,(H,38,39). The Balaban J connectivity index is 1.63. The quantitative estimate of drug-likeness (QED) is 0.273. The molecule has 0 bridgehead atoms. The molecule has 0 atom stereocenters. The van der Waals surface area contributed by atoms with Gasteiger partial charge in [0.1, 0.15) is 11.5 Å². The number of para-hydroxylation sites is 1. The second-order valence-corrected chi connectivity index (χ2v) is 9.87. The molecule has 1 aliphatic heterocycles. The third-order valence-corrected chi connectivity index (χ3v) is 7.32. The number of halogens is 3. The summed E-state index contributed by atoms with van der Waals surface area (Å²) >= 11 is 0. The lowest BCUT2D eigenvalue weighted by Crippen LogP contribution is -2.22. The molecule has 1 N–H and O–H groups in total. The minimum absolute atomic E-state index is 0.161. The molecule has 3 heterocycles. The van der Waals surface area contributed by atoms with Gasteiger partial charge in [-0.2, -0.15) is 0 Å². The van der Waals surface area contributed by atoms with Crippen LogP contribution in [0.25, 0.3) is 32.9 Å². The van der Waals surface area contributed by atoms with Crippen LogP contribution in [0.2, 0.25) is 0 Å². The summed E-state index contributed by atoms with van der Waals surface area (Å²) in [4.78, 5) is 29.8. The summed E-state index contributed by atoms with van der Waals surface area (Å²) in [6.07, 6.45) is -2.78. The average molecular weight is 561 g/mol. The molecule has 0 saturated carbocycles. The van der Waals surface area contributed by atoms with Gasteiger partial charge in [0.15, 0.2) is 0 Å². The van der Waals surface area contributed by atoms with E-state index in [9.17, 15) is 27.9 Å². The Morgan fingerprint density at radius 3 is 2.71 bits per heavy atom. The zero-order chi connectivity index (χ0) is 28.9. The molecule has 0 fully saturated rings. The lowest BCUT2D eigenvalue weighted by molar-refractivity contribution is -0.274. The molecule has 5 aromatic rings. The number of aryl methyl sites for hydroxylation is 1. The highest BCUT2D eigenvalue weighted by molar-refractivity contribution is 6.08. The van der Waals surface area contributed by atoms with Gasteiger partial charge in [-0.1, -0.05) is 18.2 Å². The van der Waals surface area contributed by atoms with Crippen LogP contribution in [0.1, 0.15) is 22.3 Å². The largest absolute Gasteiger partial charge is 0.573 e. The van der Waals surface area contributed by atoms with E-state index in [4.69, 9.17) is 4.74 Å². The van der Waals surface area contributed by atoms with Gasteiger partial charge in [0.25, 0.3) is 5.56 Å². The summed E-state index contributed by atoms with van der Waals surface area (Å²) in [7, 11) is 0. The van der Waals surface area contributed by atoms with Gasteiger partial charge in [-0.15, -0.1) is 13.2 Å². The molecule has 0 unspecified atom stereocenters. The predicted molar refractivity (Wildman–Crippen MR) is 146 cm³/mol. The molecule has 208 valence electrons. The maximum absolute atomic E-state index is 13.2. The van der Waals surface area contributed by atoms with Gasteiger partial charge in [-0.05, 0) is 65.6 Å². The fourth-order valence-electron chi connectivity index (χ4n) is 5.60.